The molecule has 0 fully saturated rings. The van der Waals surface area contributed by atoms with Gasteiger partial charge in [-0.25, -0.2) is 8.78 Å². The number of ether oxygens (including phenoxy) is 1. The summed E-state index contributed by atoms with van der Waals surface area (Å²) in [5.41, 5.74) is 8.11. The van der Waals surface area contributed by atoms with Crippen molar-refractivity contribution < 1.29 is 18.3 Å². The smallest absolute Gasteiger partial charge is 0.261 e. The molecular formula is C15H20F2N2O2. The third kappa shape index (κ3) is 3.98. The molecule has 1 aliphatic rings. The van der Waals surface area contributed by atoms with Crippen molar-refractivity contribution in [1.82, 2.24) is 4.90 Å². The van der Waals surface area contributed by atoms with Gasteiger partial charge in [0.2, 0.25) is 5.91 Å². The summed E-state index contributed by atoms with van der Waals surface area (Å²) in [5.74, 6) is -0.103. The Labute approximate surface area is 122 Å². The van der Waals surface area contributed by atoms with E-state index in [0.717, 1.165) is 12.0 Å². The van der Waals surface area contributed by atoms with Crippen LogP contribution in [0.15, 0.2) is 24.3 Å². The summed E-state index contributed by atoms with van der Waals surface area (Å²) in [5, 5.41) is 0. The lowest BCUT2D eigenvalue weighted by Gasteiger charge is -2.36. The molecule has 0 aromatic heterocycles. The third-order valence-electron chi connectivity index (χ3n) is 3.66. The Bertz CT molecular complexity index is 482. The average Bonchev–Trinajstić information content (AvgIpc) is 2.49. The van der Waals surface area contributed by atoms with E-state index in [2.05, 4.69) is 0 Å². The summed E-state index contributed by atoms with van der Waals surface area (Å²) in [6, 6.07) is 7.80. The molecule has 0 saturated heterocycles. The quantitative estimate of drug-likeness (QED) is 0.814. The molecule has 0 saturated carbocycles. The summed E-state index contributed by atoms with van der Waals surface area (Å²) < 4.78 is 28.7. The Hall–Kier alpha value is -1.53. The van der Waals surface area contributed by atoms with Crippen molar-refractivity contribution in [3.63, 3.8) is 0 Å². The fourth-order valence-corrected chi connectivity index (χ4v) is 2.68. The molecule has 1 aromatic rings. The maximum Gasteiger partial charge on any atom is 0.261 e. The molecule has 2 rings (SSSR count). The fourth-order valence-electron chi connectivity index (χ4n) is 2.68. The zero-order valence-electron chi connectivity index (χ0n) is 11.8. The van der Waals surface area contributed by atoms with Gasteiger partial charge in [0.05, 0.1) is 19.1 Å². The number of carbonyl (C=O) groups excluding carboxylic acids is 1. The molecule has 0 aliphatic carbocycles. The molecule has 4 nitrogen and oxygen atoms in total. The summed E-state index contributed by atoms with van der Waals surface area (Å²) in [4.78, 5) is 14.0. The minimum absolute atomic E-state index is 0.0125. The first-order valence-electron chi connectivity index (χ1n) is 7.06. The molecule has 1 atom stereocenters. The molecule has 6 heteroatoms. The van der Waals surface area contributed by atoms with Crippen LogP contribution in [0, 0.1) is 0 Å². The SMILES string of the molecule is NCC1c2ccccc2CCN1C(=O)CCOCC(F)F. The number of rotatable bonds is 6. The zero-order chi connectivity index (χ0) is 15.2. The predicted molar refractivity (Wildman–Crippen MR) is 75.1 cm³/mol. The molecule has 1 aliphatic heterocycles. The largest absolute Gasteiger partial charge is 0.375 e. The summed E-state index contributed by atoms with van der Waals surface area (Å²) in [7, 11) is 0. The lowest BCUT2D eigenvalue weighted by atomic mass is 9.92. The van der Waals surface area contributed by atoms with Gasteiger partial charge < -0.3 is 15.4 Å². The minimum Gasteiger partial charge on any atom is -0.375 e. The first-order chi connectivity index (χ1) is 10.1. The van der Waals surface area contributed by atoms with Gasteiger partial charge in [0, 0.05) is 13.1 Å². The Morgan fingerprint density at radius 2 is 2.19 bits per heavy atom. The molecule has 0 bridgehead atoms. The van der Waals surface area contributed by atoms with Crippen molar-refractivity contribution >= 4 is 5.91 Å². The van der Waals surface area contributed by atoms with Crippen LogP contribution in [0.1, 0.15) is 23.6 Å². The fraction of sp³-hybridized carbons (Fsp3) is 0.533. The number of nitrogens with zero attached hydrogens (tertiary/aromatic N) is 1. The lowest BCUT2D eigenvalue weighted by molar-refractivity contribution is -0.135. The van der Waals surface area contributed by atoms with Gasteiger partial charge in [-0.15, -0.1) is 0 Å². The van der Waals surface area contributed by atoms with Crippen molar-refractivity contribution in [2.45, 2.75) is 25.3 Å². The minimum atomic E-state index is -2.50. The van der Waals surface area contributed by atoms with Crippen molar-refractivity contribution in [3.8, 4) is 0 Å². The van der Waals surface area contributed by atoms with Gasteiger partial charge in [-0.05, 0) is 17.5 Å². The topological polar surface area (TPSA) is 55.6 Å². The number of benzene rings is 1. The van der Waals surface area contributed by atoms with E-state index in [9.17, 15) is 13.6 Å². The van der Waals surface area contributed by atoms with Crippen LogP contribution in [0.3, 0.4) is 0 Å². The van der Waals surface area contributed by atoms with E-state index < -0.39 is 13.0 Å². The standard InChI is InChI=1S/C15H20F2N2O2/c16-14(17)10-21-8-6-15(20)19-7-5-11-3-1-2-4-12(11)13(19)9-18/h1-4,13-14H,5-10,18H2. The maximum atomic E-state index is 12.2. The molecule has 2 N–H and O–H groups in total. The van der Waals surface area contributed by atoms with Crippen LogP contribution in [-0.4, -0.2) is 43.5 Å². The highest BCUT2D eigenvalue weighted by atomic mass is 19.3. The number of nitrogens with two attached hydrogens (primary N) is 1. The van der Waals surface area contributed by atoms with Gasteiger partial charge in [0.1, 0.15) is 6.61 Å². The predicted octanol–water partition coefficient (Wildman–Crippen LogP) is 1.74. The first kappa shape index (κ1) is 15.9. The lowest BCUT2D eigenvalue weighted by Crippen LogP contribution is -2.43. The van der Waals surface area contributed by atoms with Gasteiger partial charge >= 0.3 is 0 Å². The van der Waals surface area contributed by atoms with Crippen LogP contribution in [0.25, 0.3) is 0 Å². The van der Waals surface area contributed by atoms with E-state index in [1.165, 1.54) is 5.56 Å². The van der Waals surface area contributed by atoms with Gasteiger partial charge in [0.15, 0.2) is 0 Å². The van der Waals surface area contributed by atoms with Gasteiger partial charge in [-0.1, -0.05) is 24.3 Å². The zero-order valence-corrected chi connectivity index (χ0v) is 11.8. The number of alkyl halides is 2. The Balaban J connectivity index is 1.95. The van der Waals surface area contributed by atoms with Crippen molar-refractivity contribution in [2.24, 2.45) is 5.73 Å². The van der Waals surface area contributed by atoms with Crippen LogP contribution >= 0.6 is 0 Å². The second-order valence-corrected chi connectivity index (χ2v) is 5.00. The van der Waals surface area contributed by atoms with Crippen LogP contribution in [0.4, 0.5) is 8.78 Å². The number of halogens is 2. The highest BCUT2D eigenvalue weighted by Crippen LogP contribution is 2.29. The number of carbonyl (C=O) groups is 1. The van der Waals surface area contributed by atoms with Crippen LogP contribution in [0.2, 0.25) is 0 Å². The van der Waals surface area contributed by atoms with Gasteiger partial charge in [0.25, 0.3) is 6.43 Å². The Morgan fingerprint density at radius 3 is 2.90 bits per heavy atom. The first-order valence-corrected chi connectivity index (χ1v) is 7.06. The molecule has 116 valence electrons. The molecule has 1 amide bonds. The van der Waals surface area contributed by atoms with Gasteiger partial charge in [-0.3, -0.25) is 4.79 Å². The van der Waals surface area contributed by atoms with Crippen LogP contribution in [-0.2, 0) is 16.0 Å². The van der Waals surface area contributed by atoms with Crippen molar-refractivity contribution in [3.05, 3.63) is 35.4 Å². The number of hydrogen-bond acceptors (Lipinski definition) is 3. The van der Waals surface area contributed by atoms with Crippen molar-refractivity contribution in [2.75, 3.05) is 26.3 Å². The van der Waals surface area contributed by atoms with E-state index in [1.54, 1.807) is 4.90 Å². The highest BCUT2D eigenvalue weighted by molar-refractivity contribution is 5.77. The third-order valence-corrected chi connectivity index (χ3v) is 3.66. The molecule has 0 radical (unpaired) electrons. The van der Waals surface area contributed by atoms with E-state index in [-0.39, 0.29) is 25.0 Å². The van der Waals surface area contributed by atoms with Crippen LogP contribution < -0.4 is 5.73 Å². The van der Waals surface area contributed by atoms with E-state index in [0.29, 0.717) is 13.1 Å². The highest BCUT2D eigenvalue weighted by Gasteiger charge is 2.29. The van der Waals surface area contributed by atoms with Gasteiger partial charge in [-0.2, -0.15) is 0 Å². The molecule has 0 spiro atoms. The van der Waals surface area contributed by atoms with E-state index in [4.69, 9.17) is 10.5 Å². The van der Waals surface area contributed by atoms with Crippen molar-refractivity contribution in [1.29, 1.82) is 0 Å². The van der Waals surface area contributed by atoms with Crippen LogP contribution in [0.5, 0.6) is 0 Å². The molecule has 1 aromatic carbocycles. The van der Waals surface area contributed by atoms with E-state index >= 15 is 0 Å². The second-order valence-electron chi connectivity index (χ2n) is 5.00. The Morgan fingerprint density at radius 1 is 1.43 bits per heavy atom. The molecular weight excluding hydrogens is 278 g/mol. The van der Waals surface area contributed by atoms with E-state index in [1.807, 2.05) is 24.3 Å². The average molecular weight is 298 g/mol. The number of fused-ring (bicyclic) bond motifs is 1. The molecule has 1 heterocycles. The molecule has 1 unspecified atom stereocenters. The normalized spacial score (nSPS) is 17.9. The monoisotopic (exact) mass is 298 g/mol. The second kappa shape index (κ2) is 7.47. The maximum absolute atomic E-state index is 12.2. The number of hydrogen-bond donors (Lipinski definition) is 1. The summed E-state index contributed by atoms with van der Waals surface area (Å²) in [6.07, 6.45) is -1.61. The molecule has 21 heavy (non-hydrogen) atoms. The summed E-state index contributed by atoms with van der Waals surface area (Å²) in [6.45, 7) is 0.336. The Kier molecular flexibility index (Phi) is 5.64. The summed E-state index contributed by atoms with van der Waals surface area (Å²) >= 11 is 0. The number of amides is 1.